The lowest BCUT2D eigenvalue weighted by Crippen LogP contribution is -2.33. The molecule has 0 unspecified atom stereocenters. The molecule has 0 atom stereocenters. The van der Waals surface area contributed by atoms with Crippen LogP contribution in [-0.2, 0) is 0 Å². The minimum Gasteiger partial charge on any atom is -0.488 e. The lowest BCUT2D eigenvalue weighted by molar-refractivity contribution is 0.0779. The Morgan fingerprint density at radius 1 is 0.487 bits per heavy atom. The number of unbranched alkanes of at least 4 members (excludes halogenated alkanes) is 10. The smallest absolute Gasteiger partial charge is 0.175 e. The summed E-state index contributed by atoms with van der Waals surface area (Å²) >= 11 is 3.54. The molecule has 39 heavy (non-hydrogen) atoms. The largest absolute Gasteiger partial charge is 0.488 e. The highest BCUT2D eigenvalue weighted by Crippen LogP contribution is 2.46. The number of hydrogen-bond acceptors (Lipinski definition) is 6. The molecule has 4 nitrogen and oxygen atoms in total. The molecule has 0 fully saturated rings. The van der Waals surface area contributed by atoms with Crippen molar-refractivity contribution >= 4 is 22.7 Å². The van der Waals surface area contributed by atoms with Crippen LogP contribution < -0.4 is 18.9 Å². The van der Waals surface area contributed by atoms with Crippen molar-refractivity contribution in [1.82, 2.24) is 0 Å². The molecule has 0 radical (unpaired) electrons. The van der Waals surface area contributed by atoms with Crippen LogP contribution in [0.1, 0.15) is 123 Å². The van der Waals surface area contributed by atoms with Crippen molar-refractivity contribution in [3.63, 3.8) is 0 Å². The van der Waals surface area contributed by atoms with Crippen LogP contribution in [0.15, 0.2) is 0 Å². The normalized spacial score (nSPS) is 15.4. The molecule has 222 valence electrons. The summed E-state index contributed by atoms with van der Waals surface area (Å²) in [7, 11) is 0. The Kier molecular flexibility index (Phi) is 13.8. The summed E-state index contributed by atoms with van der Waals surface area (Å²) in [5.74, 6) is 3.96. The molecule has 0 aliphatic carbocycles. The van der Waals surface area contributed by atoms with Crippen molar-refractivity contribution in [2.24, 2.45) is 5.41 Å². The third kappa shape index (κ3) is 9.59. The van der Waals surface area contributed by atoms with E-state index in [0.29, 0.717) is 13.2 Å². The van der Waals surface area contributed by atoms with Gasteiger partial charge in [0.15, 0.2) is 23.0 Å². The minimum absolute atomic E-state index is 0.199. The topological polar surface area (TPSA) is 36.9 Å². The maximum atomic E-state index is 6.39. The zero-order valence-electron chi connectivity index (χ0n) is 25.7. The Morgan fingerprint density at radius 2 is 0.821 bits per heavy atom. The standard InChI is InChI=1S/C25H44O2S.C8H10O2S/c1-5-7-9-11-13-15-17-25(18-16-14-12-10-8-6-2)19-26-23-21(3)28-22(4)24(23)27-20-25;1-5-7-8(6(2)11-5)10-4-3-9-7/h5-20H2,1-4H3;3-4H2,1-2H3. The van der Waals surface area contributed by atoms with Crippen LogP contribution in [0.4, 0.5) is 0 Å². The molecule has 0 aromatic carbocycles. The van der Waals surface area contributed by atoms with E-state index in [1.165, 1.54) is 109 Å². The third-order valence-electron chi connectivity index (χ3n) is 8.05. The van der Waals surface area contributed by atoms with Crippen LogP contribution in [-0.4, -0.2) is 26.4 Å². The SMILES string of the molecule is CCCCCCCCC1(CCCCCCCC)COc2c(C)sc(C)c2OC1.Cc1sc(C)c2c1OCCO2. The fourth-order valence-corrected chi connectivity index (χ4v) is 7.60. The molecular formula is C33H54O4S2. The van der Waals surface area contributed by atoms with Gasteiger partial charge in [0.25, 0.3) is 0 Å². The predicted octanol–water partition coefficient (Wildman–Crippen LogP) is 10.8. The molecule has 0 saturated carbocycles. The molecule has 0 saturated heterocycles. The number of fused-ring (bicyclic) bond motifs is 2. The number of aryl methyl sites for hydroxylation is 4. The fourth-order valence-electron chi connectivity index (χ4n) is 5.71. The van der Waals surface area contributed by atoms with E-state index in [-0.39, 0.29) is 5.41 Å². The summed E-state index contributed by atoms with van der Waals surface area (Å²) in [6.07, 6.45) is 18.8. The zero-order valence-corrected chi connectivity index (χ0v) is 27.3. The second-order valence-corrected chi connectivity index (χ2v) is 14.4. The Morgan fingerprint density at radius 3 is 1.21 bits per heavy atom. The van der Waals surface area contributed by atoms with E-state index in [4.69, 9.17) is 18.9 Å². The molecule has 4 heterocycles. The summed E-state index contributed by atoms with van der Waals surface area (Å²) < 4.78 is 23.7. The number of hydrogen-bond donors (Lipinski definition) is 0. The second kappa shape index (κ2) is 16.8. The maximum absolute atomic E-state index is 6.39. The van der Waals surface area contributed by atoms with Crippen LogP contribution in [0.5, 0.6) is 23.0 Å². The van der Waals surface area contributed by atoms with Crippen molar-refractivity contribution in [2.45, 2.75) is 131 Å². The summed E-state index contributed by atoms with van der Waals surface area (Å²) in [6.45, 7) is 16.1. The zero-order chi connectivity index (χ0) is 28.1. The summed E-state index contributed by atoms with van der Waals surface area (Å²) in [6, 6.07) is 0. The molecular weight excluding hydrogens is 524 g/mol. The molecule has 4 rings (SSSR count). The van der Waals surface area contributed by atoms with Crippen LogP contribution in [0.25, 0.3) is 0 Å². The average Bonchev–Trinajstić information content (AvgIpc) is 3.28. The second-order valence-electron chi connectivity index (χ2n) is 11.6. The Balaban J connectivity index is 0.000000314. The summed E-state index contributed by atoms with van der Waals surface area (Å²) in [5, 5.41) is 0. The highest BCUT2D eigenvalue weighted by atomic mass is 32.1. The van der Waals surface area contributed by atoms with Crippen molar-refractivity contribution < 1.29 is 18.9 Å². The van der Waals surface area contributed by atoms with Gasteiger partial charge in [0.1, 0.15) is 13.2 Å². The molecule has 2 aromatic heterocycles. The van der Waals surface area contributed by atoms with Gasteiger partial charge in [-0.05, 0) is 40.5 Å². The van der Waals surface area contributed by atoms with Gasteiger partial charge in [-0.1, -0.05) is 90.9 Å². The number of ether oxygens (including phenoxy) is 4. The summed E-state index contributed by atoms with van der Waals surface area (Å²) in [5.41, 5.74) is 0.199. The predicted molar refractivity (Wildman–Crippen MR) is 168 cm³/mol. The third-order valence-corrected chi connectivity index (χ3v) is 10.0. The molecule has 2 aromatic rings. The van der Waals surface area contributed by atoms with Gasteiger partial charge >= 0.3 is 0 Å². The Bertz CT molecular complexity index is 904. The maximum Gasteiger partial charge on any atom is 0.175 e. The Labute approximate surface area is 246 Å². The van der Waals surface area contributed by atoms with E-state index < -0.39 is 0 Å². The van der Waals surface area contributed by atoms with E-state index in [0.717, 1.165) is 36.2 Å². The monoisotopic (exact) mass is 578 g/mol. The van der Waals surface area contributed by atoms with Crippen molar-refractivity contribution in [2.75, 3.05) is 26.4 Å². The van der Waals surface area contributed by atoms with Crippen LogP contribution >= 0.6 is 22.7 Å². The van der Waals surface area contributed by atoms with Gasteiger partial charge in [-0.25, -0.2) is 0 Å². The van der Waals surface area contributed by atoms with Crippen LogP contribution in [0, 0.1) is 33.1 Å². The van der Waals surface area contributed by atoms with E-state index in [2.05, 4.69) is 41.5 Å². The van der Waals surface area contributed by atoms with E-state index in [1.54, 1.807) is 22.7 Å². The number of rotatable bonds is 14. The van der Waals surface area contributed by atoms with Gasteiger partial charge in [-0.2, -0.15) is 0 Å². The van der Waals surface area contributed by atoms with Gasteiger partial charge in [-0.3, -0.25) is 0 Å². The average molecular weight is 579 g/mol. The Hall–Kier alpha value is -1.40. The van der Waals surface area contributed by atoms with Crippen LogP contribution in [0.2, 0.25) is 0 Å². The first kappa shape index (κ1) is 32.1. The van der Waals surface area contributed by atoms with E-state index in [1.807, 2.05) is 0 Å². The van der Waals surface area contributed by atoms with Crippen molar-refractivity contribution in [3.05, 3.63) is 19.5 Å². The van der Waals surface area contributed by atoms with E-state index in [9.17, 15) is 0 Å². The molecule has 2 aliphatic rings. The molecule has 0 spiro atoms. The van der Waals surface area contributed by atoms with Crippen molar-refractivity contribution in [1.29, 1.82) is 0 Å². The highest BCUT2D eigenvalue weighted by molar-refractivity contribution is 7.12. The molecule has 0 bridgehead atoms. The molecule has 0 amide bonds. The number of thiophene rings is 2. The van der Waals surface area contributed by atoms with Gasteiger partial charge in [0, 0.05) is 24.9 Å². The van der Waals surface area contributed by atoms with E-state index >= 15 is 0 Å². The summed E-state index contributed by atoms with van der Waals surface area (Å²) in [4.78, 5) is 4.97. The molecule has 6 heteroatoms. The minimum atomic E-state index is 0.199. The lowest BCUT2D eigenvalue weighted by atomic mass is 9.79. The lowest BCUT2D eigenvalue weighted by Gasteiger charge is -2.31. The van der Waals surface area contributed by atoms with Gasteiger partial charge in [-0.15, -0.1) is 22.7 Å². The molecule has 2 aliphatic heterocycles. The van der Waals surface area contributed by atoms with Gasteiger partial charge in [0.05, 0.1) is 13.2 Å². The van der Waals surface area contributed by atoms with Gasteiger partial charge in [0.2, 0.25) is 0 Å². The quantitative estimate of drug-likeness (QED) is 0.209. The fraction of sp³-hybridized carbons (Fsp3) is 0.758. The first-order valence-corrected chi connectivity index (χ1v) is 17.2. The van der Waals surface area contributed by atoms with Crippen LogP contribution in [0.3, 0.4) is 0 Å². The first-order valence-electron chi connectivity index (χ1n) is 15.6. The van der Waals surface area contributed by atoms with Crippen molar-refractivity contribution in [3.8, 4) is 23.0 Å². The van der Waals surface area contributed by atoms with Gasteiger partial charge < -0.3 is 18.9 Å². The highest BCUT2D eigenvalue weighted by Gasteiger charge is 2.35. The first-order chi connectivity index (χ1) is 18.9. The molecule has 0 N–H and O–H groups in total.